The van der Waals surface area contributed by atoms with Crippen LogP contribution in [0.3, 0.4) is 0 Å². The first-order chi connectivity index (χ1) is 10.9. The molecule has 2 nitrogen and oxygen atoms in total. The first kappa shape index (κ1) is 14.3. The molecule has 0 N–H and O–H groups in total. The van der Waals surface area contributed by atoms with Gasteiger partial charge in [0.2, 0.25) is 0 Å². The standard InChI is InChI=1S/C17H11F3N2S/c1-10-2-7-14-15(8-10)23-16-21-13(9-22(14)16)11-3-5-12(6-4-11)17(18,19)20/h2-9H,1H3. The highest BCUT2D eigenvalue weighted by atomic mass is 32.1. The fraction of sp³-hybridized carbons (Fsp3) is 0.118. The fourth-order valence-corrected chi connectivity index (χ4v) is 3.68. The third-order valence-corrected chi connectivity index (χ3v) is 4.78. The second-order valence-electron chi connectivity index (χ2n) is 5.43. The number of benzene rings is 2. The zero-order valence-corrected chi connectivity index (χ0v) is 12.9. The second-order valence-corrected chi connectivity index (χ2v) is 6.44. The van der Waals surface area contributed by atoms with Gasteiger partial charge in [-0.25, -0.2) is 4.98 Å². The zero-order chi connectivity index (χ0) is 16.2. The van der Waals surface area contributed by atoms with Crippen LogP contribution in [0, 0.1) is 6.92 Å². The smallest absolute Gasteiger partial charge is 0.290 e. The van der Waals surface area contributed by atoms with Crippen molar-refractivity contribution in [2.75, 3.05) is 0 Å². The highest BCUT2D eigenvalue weighted by molar-refractivity contribution is 7.23. The summed E-state index contributed by atoms with van der Waals surface area (Å²) >= 11 is 1.57. The molecular weight excluding hydrogens is 321 g/mol. The Hall–Kier alpha value is -2.34. The second kappa shape index (κ2) is 4.83. The average molecular weight is 332 g/mol. The van der Waals surface area contributed by atoms with Crippen LogP contribution in [0.1, 0.15) is 11.1 Å². The number of aromatic nitrogens is 2. The van der Waals surface area contributed by atoms with E-state index in [9.17, 15) is 13.2 Å². The van der Waals surface area contributed by atoms with Crippen LogP contribution in [0.4, 0.5) is 13.2 Å². The van der Waals surface area contributed by atoms with Crippen molar-refractivity contribution in [2.24, 2.45) is 0 Å². The maximum Gasteiger partial charge on any atom is 0.416 e. The van der Waals surface area contributed by atoms with Crippen LogP contribution in [0.2, 0.25) is 0 Å². The van der Waals surface area contributed by atoms with Crippen molar-refractivity contribution in [3.8, 4) is 11.3 Å². The lowest BCUT2D eigenvalue weighted by molar-refractivity contribution is -0.137. The molecule has 0 unspecified atom stereocenters. The number of nitrogens with zero attached hydrogens (tertiary/aromatic N) is 2. The summed E-state index contributed by atoms with van der Waals surface area (Å²) in [7, 11) is 0. The van der Waals surface area contributed by atoms with Gasteiger partial charge in [-0.05, 0) is 36.8 Å². The highest BCUT2D eigenvalue weighted by Crippen LogP contribution is 2.32. The van der Waals surface area contributed by atoms with Gasteiger partial charge in [-0.2, -0.15) is 13.2 Å². The van der Waals surface area contributed by atoms with Crippen molar-refractivity contribution in [2.45, 2.75) is 13.1 Å². The summed E-state index contributed by atoms with van der Waals surface area (Å²) in [6.07, 6.45) is -2.45. The van der Waals surface area contributed by atoms with Crippen LogP contribution in [0.25, 0.3) is 26.4 Å². The number of halogens is 3. The summed E-state index contributed by atoms with van der Waals surface area (Å²) < 4.78 is 41.0. The van der Waals surface area contributed by atoms with Gasteiger partial charge in [-0.1, -0.05) is 29.5 Å². The molecule has 2 aromatic heterocycles. The van der Waals surface area contributed by atoms with Gasteiger partial charge in [0, 0.05) is 11.8 Å². The number of aryl methyl sites for hydroxylation is 1. The number of fused-ring (bicyclic) bond motifs is 3. The molecule has 0 aliphatic carbocycles. The topological polar surface area (TPSA) is 17.3 Å². The van der Waals surface area contributed by atoms with Crippen LogP contribution in [-0.4, -0.2) is 9.38 Å². The van der Waals surface area contributed by atoms with E-state index in [1.807, 2.05) is 29.7 Å². The van der Waals surface area contributed by atoms with E-state index in [4.69, 9.17) is 0 Å². The van der Waals surface area contributed by atoms with Gasteiger partial charge in [0.15, 0.2) is 4.96 Å². The monoisotopic (exact) mass is 332 g/mol. The minimum Gasteiger partial charge on any atom is -0.290 e. The molecule has 0 atom stereocenters. The van der Waals surface area contributed by atoms with Crippen LogP contribution in [0.15, 0.2) is 48.7 Å². The number of hydrogen-bond donors (Lipinski definition) is 0. The molecule has 0 saturated heterocycles. The van der Waals surface area contributed by atoms with E-state index in [2.05, 4.69) is 11.1 Å². The molecule has 2 aromatic carbocycles. The Kier molecular flexibility index (Phi) is 2.99. The Morgan fingerprint density at radius 3 is 2.48 bits per heavy atom. The van der Waals surface area contributed by atoms with Crippen molar-refractivity contribution in [1.29, 1.82) is 0 Å². The van der Waals surface area contributed by atoms with Crippen LogP contribution < -0.4 is 0 Å². The predicted octanol–water partition coefficient (Wildman–Crippen LogP) is 5.54. The molecule has 2 heterocycles. The summed E-state index contributed by atoms with van der Waals surface area (Å²) in [6.45, 7) is 2.04. The lowest BCUT2D eigenvalue weighted by atomic mass is 10.1. The summed E-state index contributed by atoms with van der Waals surface area (Å²) in [6, 6.07) is 11.3. The molecular formula is C17H11F3N2S. The van der Waals surface area contributed by atoms with Gasteiger partial charge in [0.05, 0.1) is 21.5 Å². The van der Waals surface area contributed by atoms with E-state index in [0.717, 1.165) is 27.3 Å². The summed E-state index contributed by atoms with van der Waals surface area (Å²) in [5.41, 5.74) is 2.94. The Bertz CT molecular complexity index is 1010. The fourth-order valence-electron chi connectivity index (χ4n) is 2.58. The molecule has 116 valence electrons. The van der Waals surface area contributed by atoms with E-state index in [0.29, 0.717) is 11.3 Å². The quantitative estimate of drug-likeness (QED) is 0.447. The summed E-state index contributed by atoms with van der Waals surface area (Å²) in [5, 5.41) is 0. The number of rotatable bonds is 1. The largest absolute Gasteiger partial charge is 0.416 e. The molecule has 23 heavy (non-hydrogen) atoms. The predicted molar refractivity (Wildman–Crippen MR) is 85.7 cm³/mol. The minimum atomic E-state index is -4.32. The molecule has 4 rings (SSSR count). The SMILES string of the molecule is Cc1ccc2c(c1)sc1nc(-c3ccc(C(F)(F)F)cc3)cn12. The number of thiazole rings is 1. The van der Waals surface area contributed by atoms with Crippen LogP contribution in [0.5, 0.6) is 0 Å². The van der Waals surface area contributed by atoms with Crippen molar-refractivity contribution in [3.05, 3.63) is 59.8 Å². The molecule has 6 heteroatoms. The van der Waals surface area contributed by atoms with E-state index in [-0.39, 0.29) is 0 Å². The highest BCUT2D eigenvalue weighted by Gasteiger charge is 2.30. The van der Waals surface area contributed by atoms with Gasteiger partial charge in [0.25, 0.3) is 0 Å². The molecule has 0 amide bonds. The van der Waals surface area contributed by atoms with Crippen molar-refractivity contribution in [1.82, 2.24) is 9.38 Å². The van der Waals surface area contributed by atoms with Crippen LogP contribution >= 0.6 is 11.3 Å². The summed E-state index contributed by atoms with van der Waals surface area (Å²) in [5.74, 6) is 0. The Morgan fingerprint density at radius 2 is 1.78 bits per heavy atom. The number of imidazole rings is 1. The van der Waals surface area contributed by atoms with E-state index in [1.54, 1.807) is 11.3 Å². The minimum absolute atomic E-state index is 0.650. The van der Waals surface area contributed by atoms with Gasteiger partial charge >= 0.3 is 6.18 Å². The van der Waals surface area contributed by atoms with Crippen LogP contribution in [-0.2, 0) is 6.18 Å². The maximum atomic E-state index is 12.6. The molecule has 0 aliphatic rings. The molecule has 4 aromatic rings. The van der Waals surface area contributed by atoms with Gasteiger partial charge in [-0.15, -0.1) is 0 Å². The first-order valence-corrected chi connectivity index (χ1v) is 7.79. The molecule has 0 saturated carbocycles. The van der Waals surface area contributed by atoms with Crippen molar-refractivity contribution < 1.29 is 13.2 Å². The molecule has 0 radical (unpaired) electrons. The molecule has 0 bridgehead atoms. The first-order valence-electron chi connectivity index (χ1n) is 6.98. The Morgan fingerprint density at radius 1 is 1.04 bits per heavy atom. The van der Waals surface area contributed by atoms with Gasteiger partial charge < -0.3 is 0 Å². The molecule has 0 spiro atoms. The van der Waals surface area contributed by atoms with Gasteiger partial charge in [0.1, 0.15) is 0 Å². The maximum absolute atomic E-state index is 12.6. The lowest BCUT2D eigenvalue weighted by Crippen LogP contribution is -2.03. The van der Waals surface area contributed by atoms with E-state index >= 15 is 0 Å². The normalized spacial score (nSPS) is 12.3. The van der Waals surface area contributed by atoms with Gasteiger partial charge in [-0.3, -0.25) is 4.40 Å². The average Bonchev–Trinajstić information content (AvgIpc) is 3.03. The zero-order valence-electron chi connectivity index (χ0n) is 12.1. The lowest BCUT2D eigenvalue weighted by Gasteiger charge is -2.06. The van der Waals surface area contributed by atoms with E-state index in [1.165, 1.54) is 17.7 Å². The Labute approximate surface area is 133 Å². The van der Waals surface area contributed by atoms with Crippen molar-refractivity contribution in [3.63, 3.8) is 0 Å². The molecule has 0 aliphatic heterocycles. The Balaban J connectivity index is 1.80. The van der Waals surface area contributed by atoms with E-state index < -0.39 is 11.7 Å². The number of hydrogen-bond acceptors (Lipinski definition) is 2. The molecule has 0 fully saturated rings. The van der Waals surface area contributed by atoms with Crippen molar-refractivity contribution >= 4 is 26.5 Å². The summed E-state index contributed by atoms with van der Waals surface area (Å²) in [4.78, 5) is 5.38. The third-order valence-electron chi connectivity index (χ3n) is 3.76. The third kappa shape index (κ3) is 2.39. The number of alkyl halides is 3.